The maximum absolute atomic E-state index is 4.78. The molecule has 22 heavy (non-hydrogen) atoms. The minimum atomic E-state index is 0.885. The van der Waals surface area contributed by atoms with Crippen molar-refractivity contribution in [1.29, 1.82) is 0 Å². The van der Waals surface area contributed by atoms with E-state index in [1.54, 1.807) is 6.20 Å². The Bertz CT molecular complexity index is 762. The number of hydrogen-bond donors (Lipinski definition) is 0. The maximum Gasteiger partial charge on any atom is 0.0841 e. The highest BCUT2D eigenvalue weighted by molar-refractivity contribution is 5.98. The molecule has 0 radical (unpaired) electrons. The minimum absolute atomic E-state index is 0.885. The number of para-hydroxylation sites is 1. The summed E-state index contributed by atoms with van der Waals surface area (Å²) in [6, 6.07) is 24.6. The van der Waals surface area contributed by atoms with Crippen molar-refractivity contribution in [2.45, 2.75) is 13.3 Å². The number of rotatable bonds is 4. The van der Waals surface area contributed by atoms with Crippen LogP contribution in [0.5, 0.6) is 0 Å². The highest BCUT2D eigenvalue weighted by Crippen LogP contribution is 2.22. The molecule has 0 atom stereocenters. The number of aliphatic imine (C=N–C) groups is 1. The summed E-state index contributed by atoms with van der Waals surface area (Å²) in [6.45, 7) is 2.00. The standard InChI is InChI=1S/C20H18N2/c1-16(19-12-7-8-14-21-19)22-20-13-6-5-11-18(20)15-17-9-3-2-4-10-17/h2-14H,15H2,1H3. The van der Waals surface area contributed by atoms with Gasteiger partial charge in [-0.05, 0) is 42.7 Å². The second-order valence-electron chi connectivity index (χ2n) is 5.20. The van der Waals surface area contributed by atoms with Gasteiger partial charge in [0.1, 0.15) is 0 Å². The van der Waals surface area contributed by atoms with Crippen LogP contribution in [0.25, 0.3) is 0 Å². The number of benzene rings is 2. The third-order valence-electron chi connectivity index (χ3n) is 3.55. The second-order valence-corrected chi connectivity index (χ2v) is 5.20. The molecule has 1 heterocycles. The van der Waals surface area contributed by atoms with Crippen molar-refractivity contribution >= 4 is 11.4 Å². The van der Waals surface area contributed by atoms with Crippen LogP contribution in [0.3, 0.4) is 0 Å². The molecule has 0 bridgehead atoms. The Labute approximate surface area is 131 Å². The summed E-state index contributed by atoms with van der Waals surface area (Å²) in [4.78, 5) is 9.14. The molecule has 108 valence electrons. The molecule has 2 heteroatoms. The lowest BCUT2D eigenvalue weighted by atomic mass is 10.0. The van der Waals surface area contributed by atoms with Crippen LogP contribution in [0.15, 0.2) is 84.0 Å². The van der Waals surface area contributed by atoms with E-state index in [1.165, 1.54) is 11.1 Å². The first-order chi connectivity index (χ1) is 10.8. The quantitative estimate of drug-likeness (QED) is 0.632. The van der Waals surface area contributed by atoms with E-state index in [0.717, 1.165) is 23.5 Å². The van der Waals surface area contributed by atoms with Gasteiger partial charge in [-0.15, -0.1) is 0 Å². The van der Waals surface area contributed by atoms with Crippen molar-refractivity contribution in [3.8, 4) is 0 Å². The molecular weight excluding hydrogens is 268 g/mol. The molecule has 2 aromatic carbocycles. The van der Waals surface area contributed by atoms with E-state index in [9.17, 15) is 0 Å². The van der Waals surface area contributed by atoms with Crippen LogP contribution in [0.1, 0.15) is 23.7 Å². The van der Waals surface area contributed by atoms with Crippen molar-refractivity contribution in [1.82, 2.24) is 4.98 Å². The van der Waals surface area contributed by atoms with Gasteiger partial charge >= 0.3 is 0 Å². The molecule has 0 saturated carbocycles. The molecule has 0 saturated heterocycles. The zero-order chi connectivity index (χ0) is 15.2. The first-order valence-electron chi connectivity index (χ1n) is 7.41. The van der Waals surface area contributed by atoms with E-state index >= 15 is 0 Å². The van der Waals surface area contributed by atoms with Crippen LogP contribution in [0.2, 0.25) is 0 Å². The number of aromatic nitrogens is 1. The molecule has 0 amide bonds. The first-order valence-corrected chi connectivity index (χ1v) is 7.41. The largest absolute Gasteiger partial charge is 0.255 e. The minimum Gasteiger partial charge on any atom is -0.255 e. The lowest BCUT2D eigenvalue weighted by Crippen LogP contribution is -1.97. The Kier molecular flexibility index (Phi) is 4.40. The van der Waals surface area contributed by atoms with Gasteiger partial charge < -0.3 is 0 Å². The van der Waals surface area contributed by atoms with Crippen molar-refractivity contribution in [3.05, 3.63) is 95.8 Å². The van der Waals surface area contributed by atoms with Crippen LogP contribution >= 0.6 is 0 Å². The number of hydrogen-bond acceptors (Lipinski definition) is 2. The van der Waals surface area contributed by atoms with Crippen LogP contribution in [-0.2, 0) is 6.42 Å². The van der Waals surface area contributed by atoms with Gasteiger partial charge in [0.25, 0.3) is 0 Å². The van der Waals surface area contributed by atoms with E-state index in [2.05, 4.69) is 47.4 Å². The summed E-state index contributed by atoms with van der Waals surface area (Å²) in [6.07, 6.45) is 2.68. The fourth-order valence-corrected chi connectivity index (χ4v) is 2.40. The topological polar surface area (TPSA) is 25.2 Å². The van der Waals surface area contributed by atoms with E-state index in [-0.39, 0.29) is 0 Å². The lowest BCUT2D eigenvalue weighted by Gasteiger charge is -2.07. The Morgan fingerprint density at radius 1 is 0.864 bits per heavy atom. The monoisotopic (exact) mass is 286 g/mol. The van der Waals surface area contributed by atoms with Crippen molar-refractivity contribution in [2.75, 3.05) is 0 Å². The zero-order valence-corrected chi connectivity index (χ0v) is 12.6. The highest BCUT2D eigenvalue weighted by Gasteiger charge is 2.04. The van der Waals surface area contributed by atoms with Gasteiger partial charge in [-0.1, -0.05) is 54.6 Å². The smallest absolute Gasteiger partial charge is 0.0841 e. The van der Waals surface area contributed by atoms with Crippen molar-refractivity contribution in [2.24, 2.45) is 4.99 Å². The molecule has 0 aliphatic rings. The number of nitrogens with zero attached hydrogens (tertiary/aromatic N) is 2. The summed E-state index contributed by atoms with van der Waals surface area (Å²) >= 11 is 0. The summed E-state index contributed by atoms with van der Waals surface area (Å²) in [7, 11) is 0. The van der Waals surface area contributed by atoms with E-state index in [0.29, 0.717) is 0 Å². The lowest BCUT2D eigenvalue weighted by molar-refractivity contribution is 1.18. The SMILES string of the molecule is CC(=Nc1ccccc1Cc1ccccc1)c1ccccn1. The Hall–Kier alpha value is -2.74. The predicted octanol–water partition coefficient (Wildman–Crippen LogP) is 4.81. The van der Waals surface area contributed by atoms with Gasteiger partial charge in [0.2, 0.25) is 0 Å². The van der Waals surface area contributed by atoms with Crippen LogP contribution < -0.4 is 0 Å². The molecule has 0 unspecified atom stereocenters. The molecule has 3 rings (SSSR count). The molecule has 0 aliphatic heterocycles. The normalized spacial score (nSPS) is 11.4. The molecule has 1 aromatic heterocycles. The Morgan fingerprint density at radius 2 is 1.59 bits per heavy atom. The van der Waals surface area contributed by atoms with Crippen LogP contribution in [-0.4, -0.2) is 10.7 Å². The summed E-state index contributed by atoms with van der Waals surface area (Å²) in [5.74, 6) is 0. The molecule has 0 aliphatic carbocycles. The molecular formula is C20H18N2. The van der Waals surface area contributed by atoms with E-state index in [1.807, 2.05) is 37.3 Å². The fraction of sp³-hybridized carbons (Fsp3) is 0.100. The van der Waals surface area contributed by atoms with Crippen LogP contribution in [0, 0.1) is 0 Å². The van der Waals surface area contributed by atoms with Gasteiger partial charge in [0, 0.05) is 6.20 Å². The molecule has 3 aromatic rings. The van der Waals surface area contributed by atoms with Gasteiger partial charge in [0.15, 0.2) is 0 Å². The van der Waals surface area contributed by atoms with Crippen LogP contribution in [0.4, 0.5) is 5.69 Å². The number of pyridine rings is 1. The average Bonchev–Trinajstić information content (AvgIpc) is 2.58. The Morgan fingerprint density at radius 3 is 2.36 bits per heavy atom. The van der Waals surface area contributed by atoms with Crippen molar-refractivity contribution in [3.63, 3.8) is 0 Å². The molecule has 2 nitrogen and oxygen atoms in total. The summed E-state index contributed by atoms with van der Waals surface area (Å²) < 4.78 is 0. The van der Waals surface area contributed by atoms with Gasteiger partial charge in [-0.2, -0.15) is 0 Å². The Balaban J connectivity index is 1.92. The van der Waals surface area contributed by atoms with Gasteiger partial charge in [-0.3, -0.25) is 9.98 Å². The average molecular weight is 286 g/mol. The zero-order valence-electron chi connectivity index (χ0n) is 12.6. The maximum atomic E-state index is 4.78. The van der Waals surface area contributed by atoms with E-state index in [4.69, 9.17) is 4.99 Å². The molecule has 0 fully saturated rings. The third kappa shape index (κ3) is 3.47. The molecule has 0 N–H and O–H groups in total. The van der Waals surface area contributed by atoms with Gasteiger partial charge in [-0.25, -0.2) is 0 Å². The third-order valence-corrected chi connectivity index (χ3v) is 3.55. The summed E-state index contributed by atoms with van der Waals surface area (Å²) in [5, 5.41) is 0. The second kappa shape index (κ2) is 6.81. The fourth-order valence-electron chi connectivity index (χ4n) is 2.40. The van der Waals surface area contributed by atoms with Gasteiger partial charge in [0.05, 0.1) is 17.1 Å². The first kappa shape index (κ1) is 14.2. The van der Waals surface area contributed by atoms with Crippen molar-refractivity contribution < 1.29 is 0 Å². The van der Waals surface area contributed by atoms with E-state index < -0.39 is 0 Å². The predicted molar refractivity (Wildman–Crippen MR) is 91.8 cm³/mol. The molecule has 0 spiro atoms. The highest BCUT2D eigenvalue weighted by atomic mass is 14.8. The summed E-state index contributed by atoms with van der Waals surface area (Å²) in [5.41, 5.74) is 5.37.